The Balaban J connectivity index is 2.02. The van der Waals surface area contributed by atoms with Gasteiger partial charge in [0.25, 0.3) is 0 Å². The topological polar surface area (TPSA) is 55.4 Å². The van der Waals surface area contributed by atoms with Crippen molar-refractivity contribution in [3.63, 3.8) is 0 Å². The molecule has 1 aliphatic carbocycles. The van der Waals surface area contributed by atoms with E-state index in [1.807, 2.05) is 0 Å². The third-order valence-corrected chi connectivity index (χ3v) is 4.15. The summed E-state index contributed by atoms with van der Waals surface area (Å²) in [6.07, 6.45) is 1.88. The van der Waals surface area contributed by atoms with Crippen molar-refractivity contribution in [2.75, 3.05) is 6.61 Å². The first kappa shape index (κ1) is 13.4. The van der Waals surface area contributed by atoms with E-state index in [1.54, 1.807) is 24.3 Å². The Morgan fingerprint density at radius 1 is 1.28 bits per heavy atom. The van der Waals surface area contributed by atoms with Gasteiger partial charge in [-0.3, -0.25) is 0 Å². The molecule has 1 aromatic carbocycles. The van der Waals surface area contributed by atoms with Crippen molar-refractivity contribution in [1.82, 2.24) is 4.72 Å². The quantitative estimate of drug-likeness (QED) is 0.861. The molecule has 0 spiro atoms. The molecule has 1 N–H and O–H groups in total. The average molecular weight is 269 g/mol. The van der Waals surface area contributed by atoms with Crippen molar-refractivity contribution in [1.29, 1.82) is 0 Å². The molecule has 0 heterocycles. The highest BCUT2D eigenvalue weighted by molar-refractivity contribution is 7.89. The fraction of sp³-hybridized carbons (Fsp3) is 0.538. The van der Waals surface area contributed by atoms with Crippen LogP contribution in [0.15, 0.2) is 29.2 Å². The molecule has 4 nitrogen and oxygen atoms in total. The molecule has 1 saturated carbocycles. The van der Waals surface area contributed by atoms with Gasteiger partial charge in [0.1, 0.15) is 5.75 Å². The summed E-state index contributed by atoms with van der Waals surface area (Å²) in [6.45, 7) is 4.77. The van der Waals surface area contributed by atoms with Gasteiger partial charge in [-0.2, -0.15) is 0 Å². The summed E-state index contributed by atoms with van der Waals surface area (Å²) in [4.78, 5) is 0.297. The zero-order valence-corrected chi connectivity index (χ0v) is 11.5. The standard InChI is InChI=1S/C13H19NO3S/c1-10(2)9-17-12-5-7-13(8-6-12)18(15,16)14-11-3-4-11/h5-8,10-11,14H,3-4,9H2,1-2H3. The number of benzene rings is 1. The summed E-state index contributed by atoms with van der Waals surface area (Å²) >= 11 is 0. The second-order valence-electron chi connectivity index (χ2n) is 5.07. The second kappa shape index (κ2) is 5.28. The molecule has 0 atom stereocenters. The van der Waals surface area contributed by atoms with Crippen LogP contribution in [0.2, 0.25) is 0 Å². The monoisotopic (exact) mass is 269 g/mol. The summed E-state index contributed by atoms with van der Waals surface area (Å²) in [5.74, 6) is 1.15. The van der Waals surface area contributed by atoms with Gasteiger partial charge in [0.2, 0.25) is 10.0 Å². The molecule has 0 bridgehead atoms. The fourth-order valence-corrected chi connectivity index (χ4v) is 2.77. The van der Waals surface area contributed by atoms with E-state index in [4.69, 9.17) is 4.74 Å². The van der Waals surface area contributed by atoms with E-state index < -0.39 is 10.0 Å². The smallest absolute Gasteiger partial charge is 0.240 e. The first-order valence-electron chi connectivity index (χ1n) is 6.22. The second-order valence-corrected chi connectivity index (χ2v) is 6.79. The van der Waals surface area contributed by atoms with E-state index >= 15 is 0 Å². The van der Waals surface area contributed by atoms with Gasteiger partial charge < -0.3 is 4.74 Å². The van der Waals surface area contributed by atoms with Crippen LogP contribution < -0.4 is 9.46 Å². The van der Waals surface area contributed by atoms with Gasteiger partial charge in [0.15, 0.2) is 0 Å². The Labute approximate surface area is 108 Å². The minimum Gasteiger partial charge on any atom is -0.493 e. The molecule has 0 unspecified atom stereocenters. The van der Waals surface area contributed by atoms with Gasteiger partial charge in [-0.15, -0.1) is 0 Å². The molecule has 1 fully saturated rings. The predicted molar refractivity (Wildman–Crippen MR) is 70.1 cm³/mol. The average Bonchev–Trinajstić information content (AvgIpc) is 3.10. The highest BCUT2D eigenvalue weighted by atomic mass is 32.2. The molecule has 1 aliphatic rings. The maximum absolute atomic E-state index is 11.9. The highest BCUT2D eigenvalue weighted by Crippen LogP contribution is 2.23. The molecule has 5 heteroatoms. The Morgan fingerprint density at radius 3 is 2.39 bits per heavy atom. The van der Waals surface area contributed by atoms with Crippen LogP contribution >= 0.6 is 0 Å². The first-order chi connectivity index (χ1) is 8.47. The molecular weight excluding hydrogens is 250 g/mol. The summed E-state index contributed by atoms with van der Waals surface area (Å²) < 4.78 is 32.0. The van der Waals surface area contributed by atoms with Crippen LogP contribution in [-0.4, -0.2) is 21.1 Å². The molecule has 0 amide bonds. The molecule has 0 aliphatic heterocycles. The lowest BCUT2D eigenvalue weighted by molar-refractivity contribution is 0.271. The summed E-state index contributed by atoms with van der Waals surface area (Å²) in [7, 11) is -3.35. The summed E-state index contributed by atoms with van der Waals surface area (Å²) in [5.41, 5.74) is 0. The Morgan fingerprint density at radius 2 is 1.89 bits per heavy atom. The van der Waals surface area contributed by atoms with Crippen LogP contribution in [0.4, 0.5) is 0 Å². The first-order valence-corrected chi connectivity index (χ1v) is 7.71. The lowest BCUT2D eigenvalue weighted by atomic mass is 10.2. The zero-order valence-electron chi connectivity index (χ0n) is 10.7. The van der Waals surface area contributed by atoms with Crippen molar-refractivity contribution in [3.05, 3.63) is 24.3 Å². The molecule has 1 aromatic rings. The van der Waals surface area contributed by atoms with E-state index in [1.165, 1.54) is 0 Å². The lowest BCUT2D eigenvalue weighted by Gasteiger charge is -2.09. The third kappa shape index (κ3) is 3.71. The van der Waals surface area contributed by atoms with Crippen LogP contribution in [0.3, 0.4) is 0 Å². The van der Waals surface area contributed by atoms with E-state index in [2.05, 4.69) is 18.6 Å². The maximum Gasteiger partial charge on any atom is 0.240 e. The normalized spacial score (nSPS) is 15.9. The molecule has 0 aromatic heterocycles. The SMILES string of the molecule is CC(C)COc1ccc(S(=O)(=O)NC2CC2)cc1. The van der Waals surface area contributed by atoms with Crippen molar-refractivity contribution < 1.29 is 13.2 Å². The van der Waals surface area contributed by atoms with Gasteiger partial charge in [-0.05, 0) is 43.0 Å². The third-order valence-electron chi connectivity index (χ3n) is 2.62. The van der Waals surface area contributed by atoms with Gasteiger partial charge in [0, 0.05) is 6.04 Å². The molecule has 18 heavy (non-hydrogen) atoms. The van der Waals surface area contributed by atoms with Gasteiger partial charge in [-0.1, -0.05) is 13.8 Å². The largest absolute Gasteiger partial charge is 0.493 e. The number of nitrogens with one attached hydrogen (secondary N) is 1. The molecule has 0 saturated heterocycles. The van der Waals surface area contributed by atoms with E-state index in [-0.39, 0.29) is 6.04 Å². The summed E-state index contributed by atoms with van der Waals surface area (Å²) in [5, 5.41) is 0. The molecule has 2 rings (SSSR count). The van der Waals surface area contributed by atoms with E-state index in [9.17, 15) is 8.42 Å². The van der Waals surface area contributed by atoms with Crippen LogP contribution in [0.1, 0.15) is 26.7 Å². The minimum absolute atomic E-state index is 0.131. The predicted octanol–water partition coefficient (Wildman–Crippen LogP) is 2.16. The lowest BCUT2D eigenvalue weighted by Crippen LogP contribution is -2.25. The number of hydrogen-bond donors (Lipinski definition) is 1. The Bertz CT molecular complexity index is 489. The van der Waals surface area contributed by atoms with Gasteiger partial charge in [-0.25, -0.2) is 13.1 Å². The Kier molecular flexibility index (Phi) is 3.92. The zero-order chi connectivity index (χ0) is 13.2. The maximum atomic E-state index is 11.9. The fourth-order valence-electron chi connectivity index (χ4n) is 1.47. The van der Waals surface area contributed by atoms with Crippen LogP contribution in [0.5, 0.6) is 5.75 Å². The van der Waals surface area contributed by atoms with Crippen LogP contribution in [0, 0.1) is 5.92 Å². The highest BCUT2D eigenvalue weighted by Gasteiger charge is 2.27. The van der Waals surface area contributed by atoms with Crippen molar-refractivity contribution in [2.45, 2.75) is 37.6 Å². The number of ether oxygens (including phenoxy) is 1. The van der Waals surface area contributed by atoms with E-state index in [0.717, 1.165) is 12.8 Å². The van der Waals surface area contributed by atoms with E-state index in [0.29, 0.717) is 23.2 Å². The van der Waals surface area contributed by atoms with Crippen LogP contribution in [0.25, 0.3) is 0 Å². The van der Waals surface area contributed by atoms with Crippen LogP contribution in [-0.2, 0) is 10.0 Å². The Hall–Kier alpha value is -1.07. The van der Waals surface area contributed by atoms with Gasteiger partial charge in [0.05, 0.1) is 11.5 Å². The molecule has 100 valence electrons. The number of sulfonamides is 1. The molecule has 0 radical (unpaired) electrons. The minimum atomic E-state index is -3.35. The van der Waals surface area contributed by atoms with Crippen molar-refractivity contribution >= 4 is 10.0 Å². The van der Waals surface area contributed by atoms with Crippen molar-refractivity contribution in [2.24, 2.45) is 5.92 Å². The van der Waals surface area contributed by atoms with Crippen molar-refractivity contribution in [3.8, 4) is 5.75 Å². The van der Waals surface area contributed by atoms with Gasteiger partial charge >= 0.3 is 0 Å². The number of hydrogen-bond acceptors (Lipinski definition) is 3. The molecular formula is C13H19NO3S. The summed E-state index contributed by atoms with van der Waals surface area (Å²) in [6, 6.07) is 6.70. The number of rotatable bonds is 6.